The Morgan fingerprint density at radius 2 is 2.06 bits per heavy atom. The van der Waals surface area contributed by atoms with Crippen LogP contribution in [-0.2, 0) is 0 Å². The average molecular weight is 242 g/mol. The zero-order valence-corrected chi connectivity index (χ0v) is 9.30. The molecule has 0 saturated heterocycles. The van der Waals surface area contributed by atoms with E-state index in [0.29, 0.717) is 6.07 Å². The van der Waals surface area contributed by atoms with Crippen molar-refractivity contribution in [2.45, 2.75) is 31.7 Å². The third-order valence-corrected chi connectivity index (χ3v) is 3.10. The van der Waals surface area contributed by atoms with Gasteiger partial charge in [0.2, 0.25) is 5.82 Å². The van der Waals surface area contributed by atoms with Gasteiger partial charge in [-0.2, -0.15) is 4.39 Å². The molecule has 92 valence electrons. The maximum absolute atomic E-state index is 13.3. The van der Waals surface area contributed by atoms with Crippen LogP contribution >= 0.6 is 0 Å². The van der Waals surface area contributed by atoms with Crippen LogP contribution in [0.1, 0.15) is 26.2 Å². The number of benzene rings is 1. The molecular weight excluding hydrogens is 230 g/mol. The van der Waals surface area contributed by atoms with Gasteiger partial charge in [0.05, 0.1) is 4.92 Å². The van der Waals surface area contributed by atoms with E-state index in [0.717, 1.165) is 25.3 Å². The molecule has 1 aliphatic rings. The molecule has 1 fully saturated rings. The number of nitro groups is 1. The molecule has 1 aliphatic carbocycles. The third-order valence-electron chi connectivity index (χ3n) is 3.10. The highest BCUT2D eigenvalue weighted by molar-refractivity contribution is 5.63. The number of hydrogen-bond acceptors (Lipinski definition) is 3. The van der Waals surface area contributed by atoms with Crippen molar-refractivity contribution in [3.8, 4) is 0 Å². The highest BCUT2D eigenvalue weighted by Crippen LogP contribution is 2.38. The molecule has 6 heteroatoms. The first kappa shape index (κ1) is 11.8. The average Bonchev–Trinajstić information content (AvgIpc) is 2.13. The van der Waals surface area contributed by atoms with Crippen molar-refractivity contribution in [1.82, 2.24) is 0 Å². The molecule has 1 aromatic carbocycles. The van der Waals surface area contributed by atoms with E-state index in [-0.39, 0.29) is 11.2 Å². The van der Waals surface area contributed by atoms with Gasteiger partial charge < -0.3 is 5.32 Å². The summed E-state index contributed by atoms with van der Waals surface area (Å²) in [7, 11) is 0. The van der Waals surface area contributed by atoms with Gasteiger partial charge in [-0.3, -0.25) is 10.1 Å². The van der Waals surface area contributed by atoms with Crippen molar-refractivity contribution >= 4 is 11.4 Å². The lowest BCUT2D eigenvalue weighted by atomic mass is 9.78. The number of nitrogens with zero attached hydrogens (tertiary/aromatic N) is 1. The second-order valence-corrected chi connectivity index (χ2v) is 4.58. The summed E-state index contributed by atoms with van der Waals surface area (Å²) in [6.45, 7) is 1.88. The zero-order chi connectivity index (χ0) is 12.6. The molecule has 0 bridgehead atoms. The minimum Gasteiger partial charge on any atom is -0.374 e. The van der Waals surface area contributed by atoms with Crippen LogP contribution < -0.4 is 5.32 Å². The first-order valence-electron chi connectivity index (χ1n) is 5.33. The number of anilines is 1. The summed E-state index contributed by atoms with van der Waals surface area (Å²) in [6, 6.07) is 1.48. The van der Waals surface area contributed by atoms with E-state index in [1.165, 1.54) is 0 Å². The Bertz CT molecular complexity index is 473. The fraction of sp³-hybridized carbons (Fsp3) is 0.455. The van der Waals surface area contributed by atoms with Crippen molar-refractivity contribution in [3.05, 3.63) is 33.9 Å². The molecule has 0 heterocycles. The molecule has 4 nitrogen and oxygen atoms in total. The fourth-order valence-electron chi connectivity index (χ4n) is 2.00. The Morgan fingerprint density at radius 3 is 2.53 bits per heavy atom. The monoisotopic (exact) mass is 242 g/mol. The summed E-state index contributed by atoms with van der Waals surface area (Å²) >= 11 is 0. The maximum atomic E-state index is 13.3. The van der Waals surface area contributed by atoms with E-state index in [2.05, 4.69) is 5.32 Å². The molecule has 0 amide bonds. The van der Waals surface area contributed by atoms with Crippen molar-refractivity contribution in [2.24, 2.45) is 0 Å². The Balaban J connectivity index is 2.40. The lowest BCUT2D eigenvalue weighted by molar-refractivity contribution is -0.386. The molecule has 1 aromatic rings. The van der Waals surface area contributed by atoms with E-state index in [1.807, 2.05) is 6.92 Å². The first-order chi connectivity index (χ1) is 7.91. The van der Waals surface area contributed by atoms with E-state index in [1.54, 1.807) is 0 Å². The molecule has 0 atom stereocenters. The molecule has 2 rings (SSSR count). The van der Waals surface area contributed by atoms with Crippen LogP contribution in [0, 0.1) is 21.7 Å². The summed E-state index contributed by atoms with van der Waals surface area (Å²) in [5, 5.41) is 13.6. The normalized spacial score (nSPS) is 17.4. The zero-order valence-electron chi connectivity index (χ0n) is 9.30. The SMILES string of the molecule is CC1(Nc2cc(F)cc(F)c2[N+](=O)[O-])CCC1. The molecule has 1 saturated carbocycles. The number of nitro benzene ring substituents is 1. The lowest BCUT2D eigenvalue weighted by Crippen LogP contribution is -2.41. The van der Waals surface area contributed by atoms with E-state index in [4.69, 9.17) is 0 Å². The van der Waals surface area contributed by atoms with Gasteiger partial charge in [-0.25, -0.2) is 4.39 Å². The van der Waals surface area contributed by atoms with Gasteiger partial charge in [-0.15, -0.1) is 0 Å². The highest BCUT2D eigenvalue weighted by atomic mass is 19.1. The fourth-order valence-corrected chi connectivity index (χ4v) is 2.00. The van der Waals surface area contributed by atoms with Crippen molar-refractivity contribution in [1.29, 1.82) is 0 Å². The van der Waals surface area contributed by atoms with E-state index >= 15 is 0 Å². The van der Waals surface area contributed by atoms with Crippen LogP contribution in [0.25, 0.3) is 0 Å². The van der Waals surface area contributed by atoms with E-state index in [9.17, 15) is 18.9 Å². The Hall–Kier alpha value is -1.72. The Labute approximate surface area is 96.8 Å². The topological polar surface area (TPSA) is 55.2 Å². The standard InChI is InChI=1S/C11H12F2N2O2/c1-11(3-2-4-11)14-9-6-7(12)5-8(13)10(9)15(16)17/h5-6,14H,2-4H2,1H3. The minimum absolute atomic E-state index is 0.0882. The maximum Gasteiger partial charge on any atom is 0.327 e. The summed E-state index contributed by atoms with van der Waals surface area (Å²) in [5.41, 5.74) is -1.08. The predicted molar refractivity (Wildman–Crippen MR) is 58.9 cm³/mol. The van der Waals surface area contributed by atoms with Crippen LogP contribution in [0.2, 0.25) is 0 Å². The first-order valence-corrected chi connectivity index (χ1v) is 5.33. The van der Waals surface area contributed by atoms with Gasteiger partial charge in [-0.05, 0) is 26.2 Å². The summed E-state index contributed by atoms with van der Waals surface area (Å²) in [4.78, 5) is 9.91. The van der Waals surface area contributed by atoms with Crippen LogP contribution in [0.4, 0.5) is 20.2 Å². The van der Waals surface area contributed by atoms with Gasteiger partial charge in [0.1, 0.15) is 11.5 Å². The number of rotatable bonds is 3. The van der Waals surface area contributed by atoms with E-state index < -0.39 is 22.2 Å². The van der Waals surface area contributed by atoms with Crippen LogP contribution in [0.15, 0.2) is 12.1 Å². The van der Waals surface area contributed by atoms with Crippen molar-refractivity contribution < 1.29 is 13.7 Å². The molecule has 0 unspecified atom stereocenters. The van der Waals surface area contributed by atoms with Gasteiger partial charge in [0.15, 0.2) is 0 Å². The second-order valence-electron chi connectivity index (χ2n) is 4.58. The van der Waals surface area contributed by atoms with Crippen LogP contribution in [-0.4, -0.2) is 10.5 Å². The summed E-state index contributed by atoms with van der Waals surface area (Å²) in [5.74, 6) is -1.97. The highest BCUT2D eigenvalue weighted by Gasteiger charge is 2.34. The molecule has 0 radical (unpaired) electrons. The molecule has 0 aromatic heterocycles. The molecular formula is C11H12F2N2O2. The lowest BCUT2D eigenvalue weighted by Gasteiger charge is -2.39. The molecule has 17 heavy (non-hydrogen) atoms. The largest absolute Gasteiger partial charge is 0.374 e. The Kier molecular flexibility index (Phi) is 2.73. The second kappa shape index (κ2) is 3.94. The Morgan fingerprint density at radius 1 is 1.41 bits per heavy atom. The number of halogens is 2. The van der Waals surface area contributed by atoms with Crippen molar-refractivity contribution in [2.75, 3.05) is 5.32 Å². The predicted octanol–water partition coefficient (Wildman–Crippen LogP) is 3.23. The molecule has 0 spiro atoms. The minimum atomic E-state index is -1.15. The van der Waals surface area contributed by atoms with Gasteiger partial charge in [0, 0.05) is 17.7 Å². The molecule has 0 aliphatic heterocycles. The van der Waals surface area contributed by atoms with Gasteiger partial charge in [-0.1, -0.05) is 0 Å². The van der Waals surface area contributed by atoms with Crippen LogP contribution in [0.5, 0.6) is 0 Å². The van der Waals surface area contributed by atoms with Crippen LogP contribution in [0.3, 0.4) is 0 Å². The summed E-state index contributed by atoms with van der Waals surface area (Å²) in [6.07, 6.45) is 2.68. The third kappa shape index (κ3) is 2.20. The number of hydrogen-bond donors (Lipinski definition) is 1. The number of nitrogens with one attached hydrogen (secondary N) is 1. The van der Waals surface area contributed by atoms with Crippen molar-refractivity contribution in [3.63, 3.8) is 0 Å². The van der Waals surface area contributed by atoms with Gasteiger partial charge in [0.25, 0.3) is 0 Å². The quantitative estimate of drug-likeness (QED) is 0.654. The van der Waals surface area contributed by atoms with Gasteiger partial charge >= 0.3 is 5.69 Å². The summed E-state index contributed by atoms with van der Waals surface area (Å²) < 4.78 is 26.4. The molecule has 1 N–H and O–H groups in total. The smallest absolute Gasteiger partial charge is 0.327 e.